The first-order valence-corrected chi connectivity index (χ1v) is 16.0. The summed E-state index contributed by atoms with van der Waals surface area (Å²) in [5.41, 5.74) is 12.7. The van der Waals surface area contributed by atoms with Crippen LogP contribution in [0.1, 0.15) is 11.1 Å². The highest BCUT2D eigenvalue weighted by Crippen LogP contribution is 2.50. The summed E-state index contributed by atoms with van der Waals surface area (Å²) < 4.78 is 5.14. The van der Waals surface area contributed by atoms with Gasteiger partial charge in [-0.05, 0) is 34.4 Å². The van der Waals surface area contributed by atoms with Crippen LogP contribution in [0.25, 0.3) is 65.9 Å². The van der Waals surface area contributed by atoms with Gasteiger partial charge in [0, 0.05) is 56.8 Å². The molecule has 0 bridgehead atoms. The molecule has 0 aliphatic rings. The summed E-state index contributed by atoms with van der Waals surface area (Å²) in [6.45, 7) is 1.57. The molecule has 9 aromatic rings. The van der Waals surface area contributed by atoms with Crippen LogP contribution in [0.4, 0.5) is 0 Å². The topological polar surface area (TPSA) is 9.86 Å². The minimum atomic E-state index is 0.781. The molecular weight excluding hydrogens is 556 g/mol. The highest BCUT2D eigenvalue weighted by atomic mass is 15.0. The molecule has 0 radical (unpaired) electrons. The average Bonchev–Trinajstić information content (AvgIpc) is 3.62. The number of hydrogen-bond acceptors (Lipinski definition) is 0. The molecule has 7 aromatic carbocycles. The van der Waals surface area contributed by atoms with Crippen LogP contribution in [-0.2, 0) is 13.1 Å². The fraction of sp³-hybridized carbons (Fsp3) is 0.0455. The van der Waals surface area contributed by atoms with Gasteiger partial charge in [-0.1, -0.05) is 158 Å². The Labute approximate surface area is 268 Å². The van der Waals surface area contributed by atoms with Crippen LogP contribution < -0.4 is 0 Å². The number of nitrogens with zero attached hydrogens (tertiary/aromatic N) is 2. The third kappa shape index (κ3) is 4.18. The largest absolute Gasteiger partial charge is 0.335 e. The lowest BCUT2D eigenvalue weighted by Gasteiger charge is -2.19. The van der Waals surface area contributed by atoms with Gasteiger partial charge in [0.25, 0.3) is 0 Å². The van der Waals surface area contributed by atoms with Crippen LogP contribution in [0.2, 0.25) is 0 Å². The van der Waals surface area contributed by atoms with E-state index < -0.39 is 0 Å². The molecule has 0 N–H and O–H groups in total. The lowest BCUT2D eigenvalue weighted by molar-refractivity contribution is 0.865. The Bertz CT molecular complexity index is 2490. The smallest absolute Gasteiger partial charge is 0.0602 e. The van der Waals surface area contributed by atoms with Crippen molar-refractivity contribution < 1.29 is 0 Å². The van der Waals surface area contributed by atoms with Crippen molar-refractivity contribution in [1.29, 1.82) is 0 Å². The number of aromatic nitrogens is 2. The Hall–Kier alpha value is -5.86. The second-order valence-corrected chi connectivity index (χ2v) is 12.1. The summed E-state index contributed by atoms with van der Waals surface area (Å²) >= 11 is 0. The van der Waals surface area contributed by atoms with Gasteiger partial charge in [0.1, 0.15) is 0 Å². The molecule has 2 heteroatoms. The van der Waals surface area contributed by atoms with Gasteiger partial charge in [0.2, 0.25) is 0 Å². The van der Waals surface area contributed by atoms with Gasteiger partial charge in [-0.2, -0.15) is 0 Å². The van der Waals surface area contributed by atoms with Crippen LogP contribution in [0.3, 0.4) is 0 Å². The first-order chi connectivity index (χ1) is 22.9. The third-order valence-electron chi connectivity index (χ3n) is 9.41. The Morgan fingerprint density at radius 2 is 0.717 bits per heavy atom. The molecule has 2 nitrogen and oxygen atoms in total. The molecule has 0 saturated heterocycles. The number of rotatable bonds is 6. The molecule has 9 rings (SSSR count). The fourth-order valence-corrected chi connectivity index (χ4v) is 7.50. The van der Waals surface area contributed by atoms with Crippen molar-refractivity contribution in [3.8, 4) is 22.3 Å². The van der Waals surface area contributed by atoms with Crippen molar-refractivity contribution in [2.75, 3.05) is 0 Å². The Morgan fingerprint density at radius 3 is 1.24 bits per heavy atom. The lowest BCUT2D eigenvalue weighted by atomic mass is 9.88. The van der Waals surface area contributed by atoms with Crippen molar-refractivity contribution >= 4 is 43.6 Å². The normalized spacial score (nSPS) is 11.7. The predicted octanol–water partition coefficient (Wildman–Crippen LogP) is 11.3. The summed E-state index contributed by atoms with van der Waals surface area (Å²) in [6.07, 6.45) is 0. The SMILES string of the molecule is c1ccc(Cn2c3ccccc3c3c2c(-c2ccccc2)c(-c2ccccc2)c2c4ccccc4n(Cc4ccccc4)c23)cc1. The summed E-state index contributed by atoms with van der Waals surface area (Å²) in [5, 5.41) is 5.19. The monoisotopic (exact) mass is 588 g/mol. The van der Waals surface area contributed by atoms with E-state index in [1.165, 1.54) is 77.0 Å². The molecule has 2 aromatic heterocycles. The van der Waals surface area contributed by atoms with Crippen LogP contribution in [0, 0.1) is 0 Å². The minimum absolute atomic E-state index is 0.781. The zero-order valence-electron chi connectivity index (χ0n) is 25.5. The van der Waals surface area contributed by atoms with E-state index in [1.807, 2.05) is 0 Å². The number of para-hydroxylation sites is 2. The van der Waals surface area contributed by atoms with E-state index in [1.54, 1.807) is 0 Å². The molecule has 0 spiro atoms. The van der Waals surface area contributed by atoms with Gasteiger partial charge in [-0.25, -0.2) is 0 Å². The Morgan fingerprint density at radius 1 is 0.326 bits per heavy atom. The summed E-state index contributed by atoms with van der Waals surface area (Å²) in [5.74, 6) is 0. The molecule has 46 heavy (non-hydrogen) atoms. The van der Waals surface area contributed by atoms with Crippen LogP contribution in [-0.4, -0.2) is 9.13 Å². The zero-order valence-corrected chi connectivity index (χ0v) is 25.5. The van der Waals surface area contributed by atoms with Crippen molar-refractivity contribution in [3.05, 3.63) is 181 Å². The van der Waals surface area contributed by atoms with Gasteiger partial charge in [-0.3, -0.25) is 0 Å². The van der Waals surface area contributed by atoms with E-state index in [4.69, 9.17) is 0 Å². The Kier molecular flexibility index (Phi) is 6.31. The van der Waals surface area contributed by atoms with E-state index in [0.29, 0.717) is 0 Å². The van der Waals surface area contributed by atoms with Crippen LogP contribution >= 0.6 is 0 Å². The molecule has 0 saturated carbocycles. The average molecular weight is 589 g/mol. The first kappa shape index (κ1) is 26.5. The van der Waals surface area contributed by atoms with Gasteiger partial charge >= 0.3 is 0 Å². The fourth-order valence-electron chi connectivity index (χ4n) is 7.50. The maximum Gasteiger partial charge on any atom is 0.0602 e. The van der Waals surface area contributed by atoms with Crippen molar-refractivity contribution in [2.45, 2.75) is 13.1 Å². The molecule has 0 aliphatic heterocycles. The van der Waals surface area contributed by atoms with Crippen molar-refractivity contribution in [3.63, 3.8) is 0 Å². The molecule has 0 atom stereocenters. The van der Waals surface area contributed by atoms with Crippen molar-refractivity contribution in [1.82, 2.24) is 9.13 Å². The van der Waals surface area contributed by atoms with E-state index in [0.717, 1.165) is 13.1 Å². The number of fused-ring (bicyclic) bond motifs is 7. The highest BCUT2D eigenvalue weighted by Gasteiger charge is 2.27. The summed E-state index contributed by atoms with van der Waals surface area (Å²) in [7, 11) is 0. The summed E-state index contributed by atoms with van der Waals surface area (Å²) in [4.78, 5) is 0. The first-order valence-electron chi connectivity index (χ1n) is 16.0. The second kappa shape index (κ2) is 10.9. The van der Waals surface area contributed by atoms with Gasteiger partial charge in [0.05, 0.1) is 11.0 Å². The van der Waals surface area contributed by atoms with Crippen molar-refractivity contribution in [2.24, 2.45) is 0 Å². The molecule has 0 unspecified atom stereocenters. The standard InChI is InChI=1S/C44H32N2/c1-5-17-31(18-6-1)29-45-38-28-16-14-26-36(38)42-43(45)40(34-23-11-4-12-24-34)39(33-21-9-3-10-22-33)41-35-25-13-15-27-37(35)46(44(41)42)30-32-19-7-2-8-20-32/h1-28H,29-30H2. The van der Waals surface area contributed by atoms with Gasteiger partial charge in [-0.15, -0.1) is 0 Å². The quantitative estimate of drug-likeness (QED) is 0.183. The molecule has 0 aliphatic carbocycles. The Balaban J connectivity index is 1.57. The highest BCUT2D eigenvalue weighted by molar-refractivity contribution is 6.33. The summed E-state index contributed by atoms with van der Waals surface area (Å²) in [6, 6.07) is 61.8. The molecule has 0 fully saturated rings. The van der Waals surface area contributed by atoms with Crippen LogP contribution in [0.5, 0.6) is 0 Å². The minimum Gasteiger partial charge on any atom is -0.335 e. The molecule has 0 amide bonds. The third-order valence-corrected chi connectivity index (χ3v) is 9.41. The second-order valence-electron chi connectivity index (χ2n) is 12.1. The maximum absolute atomic E-state index is 2.57. The molecular formula is C44H32N2. The molecule has 2 heterocycles. The lowest BCUT2D eigenvalue weighted by Crippen LogP contribution is -2.03. The number of hydrogen-bond donors (Lipinski definition) is 0. The van der Waals surface area contributed by atoms with Crippen LogP contribution in [0.15, 0.2) is 170 Å². The van der Waals surface area contributed by atoms with E-state index in [-0.39, 0.29) is 0 Å². The number of benzene rings is 7. The van der Waals surface area contributed by atoms with Gasteiger partial charge < -0.3 is 9.13 Å². The predicted molar refractivity (Wildman–Crippen MR) is 194 cm³/mol. The van der Waals surface area contributed by atoms with Gasteiger partial charge in [0.15, 0.2) is 0 Å². The molecule has 218 valence electrons. The van der Waals surface area contributed by atoms with E-state index >= 15 is 0 Å². The van der Waals surface area contributed by atoms with E-state index in [9.17, 15) is 0 Å². The zero-order chi connectivity index (χ0) is 30.5. The van der Waals surface area contributed by atoms with E-state index in [2.05, 4.69) is 179 Å². The maximum atomic E-state index is 2.57.